The Bertz CT molecular complexity index is 1190. The van der Waals surface area contributed by atoms with E-state index >= 15 is 0 Å². The lowest BCUT2D eigenvalue weighted by Crippen LogP contribution is -2.29. The van der Waals surface area contributed by atoms with Crippen LogP contribution < -0.4 is 0 Å². The Kier molecular flexibility index (Phi) is 4.49. The minimum Gasteiger partial charge on any atom is -0.461 e. The molecule has 1 aliphatic rings. The summed E-state index contributed by atoms with van der Waals surface area (Å²) in [5.74, 6) is 0.655. The Hall–Kier alpha value is -3.24. The third kappa shape index (κ3) is 3.47. The Balaban J connectivity index is 1.35. The van der Waals surface area contributed by atoms with Crippen LogP contribution >= 0.6 is 0 Å². The van der Waals surface area contributed by atoms with Gasteiger partial charge in [0.15, 0.2) is 5.78 Å². The predicted octanol–water partition coefficient (Wildman–Crippen LogP) is 5.36. The maximum absolute atomic E-state index is 13.1. The molecule has 4 heteroatoms. The van der Waals surface area contributed by atoms with E-state index in [1.54, 1.807) is 0 Å². The van der Waals surface area contributed by atoms with E-state index in [4.69, 9.17) is 4.42 Å². The van der Waals surface area contributed by atoms with Gasteiger partial charge in [-0.05, 0) is 42.0 Å². The number of nitrogens with zero attached hydrogens (tertiary/aromatic N) is 1. The highest BCUT2D eigenvalue weighted by Crippen LogP contribution is 2.31. The fourth-order valence-electron chi connectivity index (χ4n) is 4.06. The first kappa shape index (κ1) is 17.8. The maximum atomic E-state index is 13.1. The largest absolute Gasteiger partial charge is 0.461 e. The number of halogens is 1. The van der Waals surface area contributed by atoms with Crippen LogP contribution in [0.1, 0.15) is 32.8 Å². The summed E-state index contributed by atoms with van der Waals surface area (Å²) >= 11 is 0. The molecule has 0 atom stereocenters. The van der Waals surface area contributed by atoms with Crippen LogP contribution in [0, 0.1) is 5.82 Å². The average Bonchev–Trinajstić information content (AvgIpc) is 3.12. The molecule has 0 fully saturated rings. The highest BCUT2D eigenvalue weighted by atomic mass is 19.1. The number of para-hydroxylation sites is 1. The number of hydrogen-bond acceptors (Lipinski definition) is 3. The molecule has 0 unspecified atom stereocenters. The van der Waals surface area contributed by atoms with Crippen molar-refractivity contribution < 1.29 is 13.6 Å². The van der Waals surface area contributed by atoms with Crippen LogP contribution in [0.15, 0.2) is 77.2 Å². The van der Waals surface area contributed by atoms with Crippen LogP contribution in [0.2, 0.25) is 0 Å². The van der Waals surface area contributed by atoms with Crippen molar-refractivity contribution in [3.63, 3.8) is 0 Å². The van der Waals surface area contributed by atoms with E-state index < -0.39 is 0 Å². The van der Waals surface area contributed by atoms with Crippen molar-refractivity contribution in [1.29, 1.82) is 0 Å². The zero-order valence-electron chi connectivity index (χ0n) is 15.9. The van der Waals surface area contributed by atoms with E-state index in [0.29, 0.717) is 11.1 Å². The first-order chi connectivity index (χ1) is 14.2. The van der Waals surface area contributed by atoms with Gasteiger partial charge >= 0.3 is 0 Å². The summed E-state index contributed by atoms with van der Waals surface area (Å²) in [6.45, 7) is 2.52. The summed E-state index contributed by atoms with van der Waals surface area (Å²) in [5, 5.41) is 1.19. The van der Waals surface area contributed by atoms with Gasteiger partial charge in [-0.1, -0.05) is 36.4 Å². The Morgan fingerprint density at radius 2 is 1.79 bits per heavy atom. The zero-order valence-corrected chi connectivity index (χ0v) is 15.9. The normalized spacial score (nSPS) is 14.1. The number of carbonyl (C=O) groups is 1. The Morgan fingerprint density at radius 3 is 2.66 bits per heavy atom. The molecule has 2 heterocycles. The van der Waals surface area contributed by atoms with E-state index in [-0.39, 0.29) is 11.6 Å². The van der Waals surface area contributed by atoms with Gasteiger partial charge in [0, 0.05) is 48.1 Å². The molecule has 3 aromatic carbocycles. The van der Waals surface area contributed by atoms with Gasteiger partial charge in [-0.2, -0.15) is 0 Å². The third-order valence-corrected chi connectivity index (χ3v) is 5.52. The molecule has 0 saturated heterocycles. The van der Waals surface area contributed by atoms with Crippen molar-refractivity contribution in [2.24, 2.45) is 0 Å². The van der Waals surface area contributed by atoms with Gasteiger partial charge in [0.05, 0.1) is 0 Å². The second-order valence-electron chi connectivity index (χ2n) is 7.50. The predicted molar refractivity (Wildman–Crippen MR) is 110 cm³/mol. The third-order valence-electron chi connectivity index (χ3n) is 5.52. The monoisotopic (exact) mass is 385 g/mol. The number of benzene rings is 3. The van der Waals surface area contributed by atoms with Gasteiger partial charge in [0.1, 0.15) is 17.2 Å². The van der Waals surface area contributed by atoms with Gasteiger partial charge in [-0.15, -0.1) is 0 Å². The molecular formula is C25H20FNO2. The smallest absolute Gasteiger partial charge is 0.193 e. The molecule has 0 radical (unpaired) electrons. The SMILES string of the molecule is O=C(c1ccc(F)cc1)c1cccc(CN2CCc3oc4ccccc4c3C2)c1. The summed E-state index contributed by atoms with van der Waals surface area (Å²) in [5.41, 5.74) is 4.43. The molecule has 4 aromatic rings. The first-order valence-electron chi connectivity index (χ1n) is 9.78. The van der Waals surface area contributed by atoms with Gasteiger partial charge in [0.2, 0.25) is 0 Å². The highest BCUT2D eigenvalue weighted by Gasteiger charge is 2.22. The van der Waals surface area contributed by atoms with E-state index in [1.165, 1.54) is 35.2 Å². The molecule has 1 aliphatic heterocycles. The molecule has 0 aliphatic carbocycles. The van der Waals surface area contributed by atoms with Crippen LogP contribution in [0.3, 0.4) is 0 Å². The number of fused-ring (bicyclic) bond motifs is 3. The van der Waals surface area contributed by atoms with Crippen molar-refractivity contribution in [2.75, 3.05) is 6.54 Å². The van der Waals surface area contributed by atoms with Gasteiger partial charge in [-0.25, -0.2) is 4.39 Å². The zero-order chi connectivity index (χ0) is 19.8. The molecule has 1 aromatic heterocycles. The van der Waals surface area contributed by atoms with Crippen LogP contribution in [0.5, 0.6) is 0 Å². The molecule has 144 valence electrons. The number of carbonyl (C=O) groups excluding carboxylic acids is 1. The molecule has 0 amide bonds. The van der Waals surface area contributed by atoms with Crippen LogP contribution in [0.4, 0.5) is 4.39 Å². The quantitative estimate of drug-likeness (QED) is 0.443. The minimum atomic E-state index is -0.341. The number of hydrogen-bond donors (Lipinski definition) is 0. The van der Waals surface area contributed by atoms with Gasteiger partial charge in [-0.3, -0.25) is 9.69 Å². The summed E-state index contributed by atoms with van der Waals surface area (Å²) < 4.78 is 19.1. The highest BCUT2D eigenvalue weighted by molar-refractivity contribution is 6.09. The summed E-state index contributed by atoms with van der Waals surface area (Å²) in [7, 11) is 0. The average molecular weight is 385 g/mol. The van der Waals surface area contributed by atoms with Crippen molar-refractivity contribution in [2.45, 2.75) is 19.5 Å². The van der Waals surface area contributed by atoms with Crippen LogP contribution in [-0.2, 0) is 19.5 Å². The number of furan rings is 1. The summed E-state index contributed by atoms with van der Waals surface area (Å²) in [4.78, 5) is 15.1. The van der Waals surface area contributed by atoms with E-state index in [2.05, 4.69) is 11.0 Å². The van der Waals surface area contributed by atoms with Crippen molar-refractivity contribution in [3.8, 4) is 0 Å². The van der Waals surface area contributed by atoms with E-state index in [1.807, 2.05) is 42.5 Å². The lowest BCUT2D eigenvalue weighted by Gasteiger charge is -2.26. The number of ketones is 1. The molecule has 0 bridgehead atoms. The second kappa shape index (κ2) is 7.30. The molecule has 0 N–H and O–H groups in total. The summed E-state index contributed by atoms with van der Waals surface area (Å²) in [6, 6.07) is 21.6. The lowest BCUT2D eigenvalue weighted by molar-refractivity contribution is 0.103. The number of rotatable bonds is 4. The van der Waals surface area contributed by atoms with Crippen molar-refractivity contribution >= 4 is 16.8 Å². The van der Waals surface area contributed by atoms with Gasteiger partial charge < -0.3 is 4.42 Å². The lowest BCUT2D eigenvalue weighted by atomic mass is 10.00. The Morgan fingerprint density at radius 1 is 0.966 bits per heavy atom. The fourth-order valence-corrected chi connectivity index (χ4v) is 4.06. The molecule has 0 spiro atoms. The van der Waals surface area contributed by atoms with E-state index in [9.17, 15) is 9.18 Å². The van der Waals surface area contributed by atoms with E-state index in [0.717, 1.165) is 43.0 Å². The maximum Gasteiger partial charge on any atom is 0.193 e. The first-order valence-corrected chi connectivity index (χ1v) is 9.78. The molecule has 29 heavy (non-hydrogen) atoms. The topological polar surface area (TPSA) is 33.5 Å². The van der Waals surface area contributed by atoms with Crippen molar-refractivity contribution in [1.82, 2.24) is 4.90 Å². The molecule has 5 rings (SSSR count). The van der Waals surface area contributed by atoms with Gasteiger partial charge in [0.25, 0.3) is 0 Å². The van der Waals surface area contributed by atoms with Crippen molar-refractivity contribution in [3.05, 3.63) is 107 Å². The second-order valence-corrected chi connectivity index (χ2v) is 7.50. The fraction of sp³-hybridized carbons (Fsp3) is 0.160. The summed E-state index contributed by atoms with van der Waals surface area (Å²) in [6.07, 6.45) is 0.887. The molecule has 3 nitrogen and oxygen atoms in total. The van der Waals surface area contributed by atoms with Crippen LogP contribution in [-0.4, -0.2) is 17.2 Å². The molecular weight excluding hydrogens is 365 g/mol. The Labute approximate surface area is 168 Å². The van der Waals surface area contributed by atoms with Crippen LogP contribution in [0.25, 0.3) is 11.0 Å². The standard InChI is InChI=1S/C25H20FNO2/c26-20-10-8-18(9-11-20)25(28)19-5-3-4-17(14-19)15-27-13-12-24-22(16-27)21-6-1-2-7-23(21)29-24/h1-11,14H,12-13,15-16H2. The molecule has 0 saturated carbocycles. The minimum absolute atomic E-state index is 0.0893.